The zero-order valence-corrected chi connectivity index (χ0v) is 16.1. The molecule has 0 unspecified atom stereocenters. The van der Waals surface area contributed by atoms with Gasteiger partial charge in [-0.1, -0.05) is 19.1 Å². The summed E-state index contributed by atoms with van der Waals surface area (Å²) in [5, 5.41) is 39.4. The SMILES string of the molecule is COc1cccc2c1C(=O)c1c(O)c3c(c(O)c1C2=O)C[C@@](C)(C(=N)CO)CC3. The summed E-state index contributed by atoms with van der Waals surface area (Å²) >= 11 is 0. The molecule has 4 rings (SSSR count). The minimum Gasteiger partial charge on any atom is -0.507 e. The predicted octanol–water partition coefficient (Wildman–Crippen LogP) is 2.39. The molecular weight excluding hydrogens is 374 g/mol. The molecule has 0 amide bonds. The first-order valence-corrected chi connectivity index (χ1v) is 9.30. The van der Waals surface area contributed by atoms with Crippen LogP contribution in [0.3, 0.4) is 0 Å². The lowest BCUT2D eigenvalue weighted by Crippen LogP contribution is -2.36. The third-order valence-corrected chi connectivity index (χ3v) is 6.21. The summed E-state index contributed by atoms with van der Waals surface area (Å²) in [6, 6.07) is 4.64. The van der Waals surface area contributed by atoms with E-state index in [1.54, 1.807) is 19.1 Å². The molecular formula is C22H21NO6. The molecule has 0 radical (unpaired) electrons. The molecule has 0 bridgehead atoms. The number of hydrogen-bond acceptors (Lipinski definition) is 7. The molecule has 7 heteroatoms. The molecule has 2 aliphatic carbocycles. The Balaban J connectivity index is 1.97. The number of phenolic OH excluding ortho intramolecular Hbond substituents is 2. The van der Waals surface area contributed by atoms with E-state index in [2.05, 4.69) is 0 Å². The van der Waals surface area contributed by atoms with Crippen LogP contribution in [-0.2, 0) is 12.8 Å². The number of carbonyl (C=O) groups excluding carboxylic acids is 2. The molecule has 29 heavy (non-hydrogen) atoms. The van der Waals surface area contributed by atoms with Crippen LogP contribution in [0, 0.1) is 10.8 Å². The van der Waals surface area contributed by atoms with Crippen LogP contribution in [0.2, 0.25) is 0 Å². The highest BCUT2D eigenvalue weighted by Crippen LogP contribution is 2.49. The van der Waals surface area contributed by atoms with Crippen molar-refractivity contribution in [1.29, 1.82) is 5.41 Å². The fourth-order valence-corrected chi connectivity index (χ4v) is 4.44. The molecule has 1 atom stereocenters. The van der Waals surface area contributed by atoms with E-state index in [9.17, 15) is 24.9 Å². The minimum atomic E-state index is -0.706. The Morgan fingerprint density at radius 3 is 2.41 bits per heavy atom. The molecule has 4 N–H and O–H groups in total. The number of phenols is 2. The van der Waals surface area contributed by atoms with Crippen LogP contribution in [0.25, 0.3) is 0 Å². The highest BCUT2D eigenvalue weighted by atomic mass is 16.5. The third kappa shape index (κ3) is 2.50. The van der Waals surface area contributed by atoms with Crippen molar-refractivity contribution < 1.29 is 29.6 Å². The Morgan fingerprint density at radius 1 is 1.10 bits per heavy atom. The molecule has 0 aromatic heterocycles. The molecule has 2 aliphatic rings. The van der Waals surface area contributed by atoms with Gasteiger partial charge in [-0.25, -0.2) is 0 Å². The van der Waals surface area contributed by atoms with Gasteiger partial charge in [-0.05, 0) is 25.3 Å². The Kier molecular flexibility index (Phi) is 4.24. The molecule has 2 aromatic carbocycles. The smallest absolute Gasteiger partial charge is 0.202 e. The number of fused-ring (bicyclic) bond motifs is 3. The van der Waals surface area contributed by atoms with Gasteiger partial charge in [-0.2, -0.15) is 0 Å². The van der Waals surface area contributed by atoms with Crippen molar-refractivity contribution in [1.82, 2.24) is 0 Å². The van der Waals surface area contributed by atoms with Crippen LogP contribution in [0.4, 0.5) is 0 Å². The number of benzene rings is 2. The average molecular weight is 395 g/mol. The number of rotatable bonds is 3. The zero-order chi connectivity index (χ0) is 21.1. The van der Waals surface area contributed by atoms with Crippen molar-refractivity contribution in [2.24, 2.45) is 5.41 Å². The molecule has 0 fully saturated rings. The van der Waals surface area contributed by atoms with E-state index >= 15 is 0 Å². The number of carbonyl (C=O) groups is 2. The second-order valence-corrected chi connectivity index (χ2v) is 7.82. The second-order valence-electron chi connectivity index (χ2n) is 7.82. The van der Waals surface area contributed by atoms with Crippen LogP contribution < -0.4 is 4.74 Å². The van der Waals surface area contributed by atoms with E-state index in [0.717, 1.165) is 0 Å². The summed E-state index contributed by atoms with van der Waals surface area (Å²) in [5.41, 5.74) is -0.0660. The van der Waals surface area contributed by atoms with Crippen LogP contribution in [0.5, 0.6) is 17.2 Å². The van der Waals surface area contributed by atoms with E-state index in [1.165, 1.54) is 13.2 Å². The van der Waals surface area contributed by atoms with Crippen LogP contribution >= 0.6 is 0 Å². The summed E-state index contributed by atoms with van der Waals surface area (Å²) in [4.78, 5) is 26.4. The monoisotopic (exact) mass is 395 g/mol. The molecule has 0 saturated heterocycles. The maximum Gasteiger partial charge on any atom is 0.202 e. The maximum atomic E-state index is 13.2. The minimum absolute atomic E-state index is 0.0739. The highest BCUT2D eigenvalue weighted by Gasteiger charge is 2.43. The lowest BCUT2D eigenvalue weighted by atomic mass is 9.68. The normalized spacial score (nSPS) is 20.0. The van der Waals surface area contributed by atoms with Gasteiger partial charge in [0.1, 0.15) is 17.2 Å². The van der Waals surface area contributed by atoms with E-state index < -0.39 is 23.6 Å². The fraction of sp³-hybridized carbons (Fsp3) is 0.318. The Bertz CT molecular complexity index is 1100. The molecule has 0 saturated carbocycles. The van der Waals surface area contributed by atoms with E-state index in [0.29, 0.717) is 24.0 Å². The van der Waals surface area contributed by atoms with Crippen molar-refractivity contribution in [3.8, 4) is 17.2 Å². The van der Waals surface area contributed by atoms with Crippen molar-refractivity contribution in [2.75, 3.05) is 13.7 Å². The number of nitrogens with one attached hydrogen (secondary N) is 1. The summed E-state index contributed by atoms with van der Waals surface area (Å²) in [7, 11) is 1.39. The van der Waals surface area contributed by atoms with Gasteiger partial charge in [0.25, 0.3) is 0 Å². The van der Waals surface area contributed by atoms with E-state index in [-0.39, 0.29) is 51.6 Å². The van der Waals surface area contributed by atoms with Gasteiger partial charge in [0.05, 0.1) is 30.4 Å². The summed E-state index contributed by atoms with van der Waals surface area (Å²) in [6.45, 7) is 1.39. The van der Waals surface area contributed by atoms with Crippen LogP contribution in [0.1, 0.15) is 56.3 Å². The molecule has 0 spiro atoms. The van der Waals surface area contributed by atoms with Gasteiger partial charge in [0.2, 0.25) is 5.78 Å². The third-order valence-electron chi connectivity index (χ3n) is 6.21. The lowest BCUT2D eigenvalue weighted by Gasteiger charge is -2.36. The molecule has 0 aliphatic heterocycles. The second kappa shape index (κ2) is 6.42. The van der Waals surface area contributed by atoms with Crippen molar-refractivity contribution in [2.45, 2.75) is 26.2 Å². The molecule has 0 heterocycles. The fourth-order valence-electron chi connectivity index (χ4n) is 4.44. The number of aliphatic hydroxyl groups is 1. The van der Waals surface area contributed by atoms with Crippen LogP contribution in [0.15, 0.2) is 18.2 Å². The largest absolute Gasteiger partial charge is 0.507 e. The van der Waals surface area contributed by atoms with Gasteiger partial charge in [0, 0.05) is 27.8 Å². The number of hydrogen-bond donors (Lipinski definition) is 4. The quantitative estimate of drug-likeness (QED) is 0.398. The number of methoxy groups -OCH3 is 1. The Labute approximate surface area is 167 Å². The van der Waals surface area contributed by atoms with Crippen molar-refractivity contribution >= 4 is 17.3 Å². The number of aromatic hydroxyl groups is 2. The zero-order valence-electron chi connectivity index (χ0n) is 16.1. The van der Waals surface area contributed by atoms with Gasteiger partial charge < -0.3 is 25.5 Å². The number of ether oxygens (including phenoxy) is 1. The Hall–Kier alpha value is -3.19. The van der Waals surface area contributed by atoms with Gasteiger partial charge in [-0.3, -0.25) is 9.59 Å². The Morgan fingerprint density at radius 2 is 1.76 bits per heavy atom. The lowest BCUT2D eigenvalue weighted by molar-refractivity contribution is 0.0971. The first kappa shape index (κ1) is 19.1. The number of aliphatic hydroxyl groups excluding tert-OH is 1. The standard InChI is InChI=1S/C22H21NO6/c1-22(14(23)9-24)7-6-10-12(8-22)20(27)16-17(18(10)25)21(28)15-11(19(16)26)4-3-5-13(15)29-2/h3-5,23-25,27H,6-9H2,1-2H3/t22-/m0/s1. The summed E-state index contributed by atoms with van der Waals surface area (Å²) in [6.07, 6.45) is 0.954. The van der Waals surface area contributed by atoms with Crippen LogP contribution in [-0.4, -0.2) is 46.3 Å². The first-order chi connectivity index (χ1) is 13.7. The van der Waals surface area contributed by atoms with Crippen molar-refractivity contribution in [3.05, 3.63) is 51.6 Å². The molecule has 150 valence electrons. The topological polar surface area (TPSA) is 128 Å². The van der Waals surface area contributed by atoms with Crippen molar-refractivity contribution in [3.63, 3.8) is 0 Å². The molecule has 7 nitrogen and oxygen atoms in total. The predicted molar refractivity (Wildman–Crippen MR) is 105 cm³/mol. The van der Waals surface area contributed by atoms with E-state index in [1.807, 2.05) is 0 Å². The molecule has 2 aromatic rings. The maximum absolute atomic E-state index is 13.2. The van der Waals surface area contributed by atoms with Gasteiger partial charge in [0.15, 0.2) is 5.78 Å². The number of ketones is 2. The summed E-state index contributed by atoms with van der Waals surface area (Å²) < 4.78 is 5.23. The first-order valence-electron chi connectivity index (χ1n) is 9.30. The van der Waals surface area contributed by atoms with Gasteiger partial charge >= 0.3 is 0 Å². The highest BCUT2D eigenvalue weighted by molar-refractivity contribution is 6.31. The van der Waals surface area contributed by atoms with Gasteiger partial charge in [-0.15, -0.1) is 0 Å². The average Bonchev–Trinajstić information content (AvgIpc) is 2.73. The summed E-state index contributed by atoms with van der Waals surface area (Å²) in [5.74, 6) is -1.55. The van der Waals surface area contributed by atoms with E-state index in [4.69, 9.17) is 10.1 Å².